The first-order valence-corrected chi connectivity index (χ1v) is 6.18. The van der Waals surface area contributed by atoms with Crippen LogP contribution in [0.15, 0.2) is 4.99 Å². The third-order valence-electron chi connectivity index (χ3n) is 3.75. The van der Waals surface area contributed by atoms with Crippen molar-refractivity contribution in [3.63, 3.8) is 0 Å². The number of hydrogen-bond acceptors (Lipinski definition) is 1. The molecule has 1 aliphatic carbocycles. The van der Waals surface area contributed by atoms with Crippen molar-refractivity contribution in [2.75, 3.05) is 6.54 Å². The number of guanidine groups is 1. The fourth-order valence-corrected chi connectivity index (χ4v) is 2.48. The van der Waals surface area contributed by atoms with Gasteiger partial charge in [0, 0.05) is 12.6 Å². The van der Waals surface area contributed by atoms with Gasteiger partial charge < -0.3 is 10.6 Å². The highest BCUT2D eigenvalue weighted by molar-refractivity contribution is 5.79. The van der Waals surface area contributed by atoms with Crippen LogP contribution < -0.4 is 5.73 Å². The average molecular weight is 209 g/mol. The lowest BCUT2D eigenvalue weighted by Crippen LogP contribution is -2.51. The van der Waals surface area contributed by atoms with Gasteiger partial charge in [-0.1, -0.05) is 13.8 Å². The minimum Gasteiger partial charge on any atom is -0.370 e. The lowest BCUT2D eigenvalue weighted by Gasteiger charge is -2.41. The molecule has 1 aliphatic heterocycles. The first-order chi connectivity index (χ1) is 7.08. The van der Waals surface area contributed by atoms with E-state index in [1.165, 1.54) is 19.3 Å². The van der Waals surface area contributed by atoms with Crippen LogP contribution in [-0.4, -0.2) is 29.5 Å². The van der Waals surface area contributed by atoms with Crippen LogP contribution in [-0.2, 0) is 0 Å². The predicted molar refractivity (Wildman–Crippen MR) is 63.8 cm³/mol. The third kappa shape index (κ3) is 2.44. The zero-order chi connectivity index (χ0) is 11.0. The zero-order valence-corrected chi connectivity index (χ0v) is 10.1. The molecule has 3 unspecified atom stereocenters. The zero-order valence-electron chi connectivity index (χ0n) is 10.1. The number of nitrogens with zero attached hydrogens (tertiary/aromatic N) is 2. The molecule has 0 bridgehead atoms. The van der Waals surface area contributed by atoms with Crippen molar-refractivity contribution in [2.45, 2.75) is 52.1 Å². The SMILES string of the molecule is CC1CC(C)C(C)N(C(N)=NC2CC2)C1. The maximum absolute atomic E-state index is 6.08. The van der Waals surface area contributed by atoms with E-state index in [4.69, 9.17) is 5.73 Å². The molecule has 86 valence electrons. The molecule has 0 amide bonds. The second-order valence-electron chi connectivity index (χ2n) is 5.43. The summed E-state index contributed by atoms with van der Waals surface area (Å²) in [5, 5.41) is 0. The third-order valence-corrected chi connectivity index (χ3v) is 3.75. The quantitative estimate of drug-likeness (QED) is 0.529. The summed E-state index contributed by atoms with van der Waals surface area (Å²) in [5.74, 6) is 2.24. The molecule has 2 fully saturated rings. The molecule has 0 aromatic carbocycles. The first-order valence-electron chi connectivity index (χ1n) is 6.18. The first kappa shape index (κ1) is 10.8. The monoisotopic (exact) mass is 209 g/mol. The molecular weight excluding hydrogens is 186 g/mol. The van der Waals surface area contributed by atoms with Crippen LogP contribution in [0.1, 0.15) is 40.0 Å². The maximum Gasteiger partial charge on any atom is 0.191 e. The van der Waals surface area contributed by atoms with E-state index >= 15 is 0 Å². The molecular formula is C12H23N3. The van der Waals surface area contributed by atoms with E-state index in [1.54, 1.807) is 0 Å². The summed E-state index contributed by atoms with van der Waals surface area (Å²) in [6.45, 7) is 7.97. The van der Waals surface area contributed by atoms with Gasteiger partial charge in [0.15, 0.2) is 5.96 Å². The topological polar surface area (TPSA) is 41.6 Å². The van der Waals surface area contributed by atoms with Crippen LogP contribution in [0.5, 0.6) is 0 Å². The van der Waals surface area contributed by atoms with E-state index in [0.717, 1.165) is 24.3 Å². The van der Waals surface area contributed by atoms with Crippen molar-refractivity contribution in [3.8, 4) is 0 Å². The van der Waals surface area contributed by atoms with E-state index in [2.05, 4.69) is 30.7 Å². The van der Waals surface area contributed by atoms with E-state index < -0.39 is 0 Å². The fourth-order valence-electron chi connectivity index (χ4n) is 2.48. The minimum atomic E-state index is 0.532. The van der Waals surface area contributed by atoms with Crippen LogP contribution >= 0.6 is 0 Å². The second kappa shape index (κ2) is 4.03. The molecule has 1 saturated carbocycles. The highest BCUT2D eigenvalue weighted by atomic mass is 15.3. The van der Waals surface area contributed by atoms with Crippen LogP contribution in [0.3, 0.4) is 0 Å². The predicted octanol–water partition coefficient (Wildman–Crippen LogP) is 1.83. The van der Waals surface area contributed by atoms with Gasteiger partial charge in [-0.05, 0) is 38.0 Å². The molecule has 1 saturated heterocycles. The van der Waals surface area contributed by atoms with Gasteiger partial charge in [0.2, 0.25) is 0 Å². The van der Waals surface area contributed by atoms with Crippen LogP contribution in [0, 0.1) is 11.8 Å². The van der Waals surface area contributed by atoms with Crippen molar-refractivity contribution in [1.82, 2.24) is 4.90 Å². The summed E-state index contributed by atoms with van der Waals surface area (Å²) in [6, 6.07) is 1.08. The Morgan fingerprint density at radius 3 is 2.53 bits per heavy atom. The lowest BCUT2D eigenvalue weighted by atomic mass is 9.86. The van der Waals surface area contributed by atoms with Crippen molar-refractivity contribution in [3.05, 3.63) is 0 Å². The molecule has 15 heavy (non-hydrogen) atoms. The Hall–Kier alpha value is -0.730. The number of rotatable bonds is 1. The van der Waals surface area contributed by atoms with Gasteiger partial charge >= 0.3 is 0 Å². The van der Waals surface area contributed by atoms with Crippen molar-refractivity contribution < 1.29 is 0 Å². The number of piperidine rings is 1. The summed E-state index contributed by atoms with van der Waals surface area (Å²) in [5.41, 5.74) is 6.08. The smallest absolute Gasteiger partial charge is 0.191 e. The van der Waals surface area contributed by atoms with Gasteiger partial charge in [0.25, 0.3) is 0 Å². The van der Waals surface area contributed by atoms with E-state index in [9.17, 15) is 0 Å². The maximum atomic E-state index is 6.08. The average Bonchev–Trinajstić information content (AvgIpc) is 2.94. The van der Waals surface area contributed by atoms with Gasteiger partial charge in [-0.15, -0.1) is 0 Å². The molecule has 0 aromatic heterocycles. The van der Waals surface area contributed by atoms with E-state index in [-0.39, 0.29) is 0 Å². The highest BCUT2D eigenvalue weighted by Crippen LogP contribution is 2.28. The Labute approximate surface area is 92.7 Å². The number of hydrogen-bond donors (Lipinski definition) is 1. The minimum absolute atomic E-state index is 0.532. The second-order valence-corrected chi connectivity index (χ2v) is 5.43. The van der Waals surface area contributed by atoms with Crippen LogP contribution in [0.4, 0.5) is 0 Å². The number of likely N-dealkylation sites (tertiary alicyclic amines) is 1. The molecule has 2 rings (SSSR count). The normalized spacial score (nSPS) is 38.2. The molecule has 0 spiro atoms. The molecule has 0 aromatic rings. The Morgan fingerprint density at radius 2 is 1.93 bits per heavy atom. The van der Waals surface area contributed by atoms with Crippen molar-refractivity contribution in [1.29, 1.82) is 0 Å². The number of nitrogens with two attached hydrogens (primary N) is 1. The molecule has 3 heteroatoms. The summed E-state index contributed by atoms with van der Waals surface area (Å²) < 4.78 is 0. The van der Waals surface area contributed by atoms with Crippen LogP contribution in [0.25, 0.3) is 0 Å². The molecule has 0 radical (unpaired) electrons. The van der Waals surface area contributed by atoms with Crippen molar-refractivity contribution in [2.24, 2.45) is 22.6 Å². The largest absolute Gasteiger partial charge is 0.370 e. The van der Waals surface area contributed by atoms with Crippen LogP contribution in [0.2, 0.25) is 0 Å². The molecule has 1 heterocycles. The Bertz CT molecular complexity index is 258. The number of aliphatic imine (C=N–C) groups is 1. The van der Waals surface area contributed by atoms with Crippen molar-refractivity contribution >= 4 is 5.96 Å². The summed E-state index contributed by atoms with van der Waals surface area (Å²) in [4.78, 5) is 6.85. The Balaban J connectivity index is 2.04. The molecule has 3 atom stereocenters. The van der Waals surface area contributed by atoms with Gasteiger partial charge in [0.1, 0.15) is 0 Å². The lowest BCUT2D eigenvalue weighted by molar-refractivity contribution is 0.145. The summed E-state index contributed by atoms with van der Waals surface area (Å²) in [7, 11) is 0. The van der Waals surface area contributed by atoms with Gasteiger partial charge in [-0.3, -0.25) is 0 Å². The summed E-state index contributed by atoms with van der Waals surface area (Å²) >= 11 is 0. The summed E-state index contributed by atoms with van der Waals surface area (Å²) in [6.07, 6.45) is 3.77. The van der Waals surface area contributed by atoms with E-state index in [1.807, 2.05) is 0 Å². The van der Waals surface area contributed by atoms with E-state index in [0.29, 0.717) is 12.1 Å². The highest BCUT2D eigenvalue weighted by Gasteiger charge is 2.31. The molecule has 2 N–H and O–H groups in total. The molecule has 2 aliphatic rings. The van der Waals surface area contributed by atoms with Gasteiger partial charge in [-0.25, -0.2) is 4.99 Å². The Kier molecular flexibility index (Phi) is 2.89. The fraction of sp³-hybridized carbons (Fsp3) is 0.917. The Morgan fingerprint density at radius 1 is 1.27 bits per heavy atom. The standard InChI is InChI=1S/C12H23N3/c1-8-6-9(2)10(3)15(7-8)12(13)14-11-4-5-11/h8-11H,4-7H2,1-3H3,(H2,13,14). The molecule has 3 nitrogen and oxygen atoms in total. The van der Waals surface area contributed by atoms with Gasteiger partial charge in [0.05, 0.1) is 6.04 Å². The van der Waals surface area contributed by atoms with Gasteiger partial charge in [-0.2, -0.15) is 0 Å².